The van der Waals surface area contributed by atoms with Crippen molar-refractivity contribution in [3.05, 3.63) is 24.3 Å². The van der Waals surface area contributed by atoms with Gasteiger partial charge in [-0.05, 0) is 51.0 Å². The normalized spacial score (nSPS) is 16.5. The predicted octanol–water partition coefficient (Wildman–Crippen LogP) is 3.29. The van der Waals surface area contributed by atoms with Crippen molar-refractivity contribution in [1.29, 1.82) is 0 Å². The molecule has 24 heavy (non-hydrogen) atoms. The molecule has 0 bridgehead atoms. The number of likely N-dealkylation sites (N-methyl/N-ethyl adjacent to an activating group) is 1. The van der Waals surface area contributed by atoms with Crippen molar-refractivity contribution < 1.29 is 19.1 Å². The second-order valence-corrected chi connectivity index (χ2v) is 5.53. The minimum atomic E-state index is -0.497. The third-order valence-electron chi connectivity index (χ3n) is 3.77. The van der Waals surface area contributed by atoms with E-state index in [1.165, 1.54) is 0 Å². The van der Waals surface area contributed by atoms with E-state index in [0.29, 0.717) is 31.1 Å². The zero-order chi connectivity index (χ0) is 17.4. The molecule has 0 unspecified atom stereocenters. The van der Waals surface area contributed by atoms with Gasteiger partial charge in [0.25, 0.3) is 0 Å². The van der Waals surface area contributed by atoms with E-state index in [-0.39, 0.29) is 12.1 Å². The Balaban J connectivity index is 1.86. The molecule has 1 fully saturated rings. The summed E-state index contributed by atoms with van der Waals surface area (Å²) in [4.78, 5) is 25.4. The molecule has 1 aromatic carbocycles. The first kappa shape index (κ1) is 18.1. The summed E-state index contributed by atoms with van der Waals surface area (Å²) in [6.07, 6.45) is 1.69. The number of rotatable bonds is 6. The number of hydrogen-bond acceptors (Lipinski definition) is 4. The molecule has 7 heteroatoms. The highest BCUT2D eigenvalue weighted by molar-refractivity contribution is 5.90. The number of nitrogens with one attached hydrogen (secondary N) is 2. The molecule has 1 aliphatic heterocycles. The molecule has 1 heterocycles. The number of benzene rings is 1. The average Bonchev–Trinajstić information content (AvgIpc) is 3.07. The topological polar surface area (TPSA) is 79.9 Å². The van der Waals surface area contributed by atoms with Crippen molar-refractivity contribution in [3.63, 3.8) is 0 Å². The van der Waals surface area contributed by atoms with Crippen molar-refractivity contribution in [2.45, 2.75) is 32.8 Å². The third kappa shape index (κ3) is 5.42. The van der Waals surface area contributed by atoms with E-state index in [4.69, 9.17) is 9.47 Å². The van der Waals surface area contributed by atoms with Gasteiger partial charge in [0.2, 0.25) is 0 Å². The monoisotopic (exact) mass is 335 g/mol. The SMILES string of the molecule is CCOC(=O)Nc1ccc(NC(=O)N(CC)C[C@@H]2CCCO2)cc1. The smallest absolute Gasteiger partial charge is 0.411 e. The van der Waals surface area contributed by atoms with E-state index in [0.717, 1.165) is 19.4 Å². The molecule has 2 N–H and O–H groups in total. The van der Waals surface area contributed by atoms with Crippen LogP contribution in [0.15, 0.2) is 24.3 Å². The van der Waals surface area contributed by atoms with Crippen LogP contribution in [-0.4, -0.2) is 49.4 Å². The molecule has 3 amide bonds. The van der Waals surface area contributed by atoms with Gasteiger partial charge in [0.05, 0.1) is 12.7 Å². The summed E-state index contributed by atoms with van der Waals surface area (Å²) in [5.74, 6) is 0. The maximum atomic E-state index is 12.3. The molecule has 1 atom stereocenters. The van der Waals surface area contributed by atoms with Crippen LogP contribution in [0.2, 0.25) is 0 Å². The van der Waals surface area contributed by atoms with E-state index in [1.807, 2.05) is 6.92 Å². The number of anilines is 2. The largest absolute Gasteiger partial charge is 0.450 e. The predicted molar refractivity (Wildman–Crippen MR) is 92.3 cm³/mol. The zero-order valence-electron chi connectivity index (χ0n) is 14.2. The van der Waals surface area contributed by atoms with Crippen LogP contribution in [0, 0.1) is 0 Å². The fourth-order valence-electron chi connectivity index (χ4n) is 2.51. The van der Waals surface area contributed by atoms with Gasteiger partial charge < -0.3 is 19.7 Å². The van der Waals surface area contributed by atoms with Crippen LogP contribution in [0.5, 0.6) is 0 Å². The fraction of sp³-hybridized carbons (Fsp3) is 0.529. The number of carbonyl (C=O) groups is 2. The lowest BCUT2D eigenvalue weighted by molar-refractivity contribution is 0.0849. The van der Waals surface area contributed by atoms with Crippen LogP contribution in [0.4, 0.5) is 21.0 Å². The standard InChI is InChI=1S/C17H25N3O4/c1-3-20(12-15-6-5-11-24-15)16(21)18-13-7-9-14(10-8-13)19-17(22)23-4-2/h7-10,15H,3-6,11-12H2,1-2H3,(H,18,21)(H,19,22)/t15-/m0/s1. The zero-order valence-corrected chi connectivity index (χ0v) is 14.2. The molecule has 132 valence electrons. The summed E-state index contributed by atoms with van der Waals surface area (Å²) in [6.45, 7) is 6.00. The van der Waals surface area contributed by atoms with E-state index >= 15 is 0 Å². The second-order valence-electron chi connectivity index (χ2n) is 5.53. The highest BCUT2D eigenvalue weighted by atomic mass is 16.5. The first-order chi connectivity index (χ1) is 11.6. The summed E-state index contributed by atoms with van der Waals surface area (Å²) in [6, 6.07) is 6.74. The van der Waals surface area contributed by atoms with E-state index in [1.54, 1.807) is 36.1 Å². The number of urea groups is 1. The Morgan fingerprint density at radius 2 is 1.88 bits per heavy atom. The van der Waals surface area contributed by atoms with Crippen LogP contribution >= 0.6 is 0 Å². The first-order valence-corrected chi connectivity index (χ1v) is 8.33. The first-order valence-electron chi connectivity index (χ1n) is 8.33. The Labute approximate surface area is 142 Å². The fourth-order valence-corrected chi connectivity index (χ4v) is 2.51. The lowest BCUT2D eigenvalue weighted by atomic mass is 10.2. The van der Waals surface area contributed by atoms with Gasteiger partial charge in [-0.1, -0.05) is 0 Å². The molecule has 1 aliphatic rings. The van der Waals surface area contributed by atoms with Crippen molar-refractivity contribution in [1.82, 2.24) is 4.90 Å². The van der Waals surface area contributed by atoms with E-state index in [9.17, 15) is 9.59 Å². The Bertz CT molecular complexity index is 541. The van der Waals surface area contributed by atoms with Gasteiger partial charge in [-0.15, -0.1) is 0 Å². The summed E-state index contributed by atoms with van der Waals surface area (Å²) < 4.78 is 10.4. The highest BCUT2D eigenvalue weighted by Gasteiger charge is 2.21. The van der Waals surface area contributed by atoms with Gasteiger partial charge in [-0.25, -0.2) is 9.59 Å². The molecule has 0 aliphatic carbocycles. The molecular weight excluding hydrogens is 310 g/mol. The van der Waals surface area contributed by atoms with E-state index < -0.39 is 6.09 Å². The number of nitrogens with zero attached hydrogens (tertiary/aromatic N) is 1. The molecule has 0 spiro atoms. The van der Waals surface area contributed by atoms with Crippen LogP contribution in [0.3, 0.4) is 0 Å². The Kier molecular flexibility index (Phi) is 6.87. The number of hydrogen-bond donors (Lipinski definition) is 2. The van der Waals surface area contributed by atoms with E-state index in [2.05, 4.69) is 10.6 Å². The summed E-state index contributed by atoms with van der Waals surface area (Å²) in [7, 11) is 0. The maximum absolute atomic E-state index is 12.3. The molecule has 1 aromatic rings. The Morgan fingerprint density at radius 1 is 1.21 bits per heavy atom. The average molecular weight is 335 g/mol. The van der Waals surface area contributed by atoms with Crippen molar-refractivity contribution in [2.24, 2.45) is 0 Å². The van der Waals surface area contributed by atoms with Gasteiger partial charge in [-0.3, -0.25) is 5.32 Å². The van der Waals surface area contributed by atoms with Crippen molar-refractivity contribution in [3.8, 4) is 0 Å². The minimum absolute atomic E-state index is 0.131. The van der Waals surface area contributed by atoms with Crippen LogP contribution in [-0.2, 0) is 9.47 Å². The summed E-state index contributed by atoms with van der Waals surface area (Å²) in [5, 5.41) is 5.46. The molecule has 7 nitrogen and oxygen atoms in total. The maximum Gasteiger partial charge on any atom is 0.411 e. The van der Waals surface area contributed by atoms with Crippen LogP contribution in [0.1, 0.15) is 26.7 Å². The van der Waals surface area contributed by atoms with Crippen molar-refractivity contribution in [2.75, 3.05) is 36.9 Å². The lowest BCUT2D eigenvalue weighted by Crippen LogP contribution is -2.39. The summed E-state index contributed by atoms with van der Waals surface area (Å²) >= 11 is 0. The van der Waals surface area contributed by atoms with Gasteiger partial charge in [0, 0.05) is 31.1 Å². The number of carbonyl (C=O) groups excluding carboxylic acids is 2. The quantitative estimate of drug-likeness (QED) is 0.836. The third-order valence-corrected chi connectivity index (χ3v) is 3.77. The molecule has 1 saturated heterocycles. The molecule has 0 aromatic heterocycles. The van der Waals surface area contributed by atoms with Gasteiger partial charge in [-0.2, -0.15) is 0 Å². The Morgan fingerprint density at radius 3 is 2.42 bits per heavy atom. The molecule has 0 saturated carbocycles. The van der Waals surface area contributed by atoms with Gasteiger partial charge in [0.15, 0.2) is 0 Å². The number of amides is 3. The van der Waals surface area contributed by atoms with Gasteiger partial charge >= 0.3 is 12.1 Å². The summed E-state index contributed by atoms with van der Waals surface area (Å²) in [5.41, 5.74) is 1.28. The van der Waals surface area contributed by atoms with Crippen LogP contribution < -0.4 is 10.6 Å². The minimum Gasteiger partial charge on any atom is -0.450 e. The lowest BCUT2D eigenvalue weighted by Gasteiger charge is -2.24. The Hall–Kier alpha value is -2.28. The molecule has 0 radical (unpaired) electrons. The second kappa shape index (κ2) is 9.12. The number of ether oxygens (including phenoxy) is 2. The molecular formula is C17H25N3O4. The molecule has 2 rings (SSSR count). The van der Waals surface area contributed by atoms with Crippen LogP contribution in [0.25, 0.3) is 0 Å². The van der Waals surface area contributed by atoms with Gasteiger partial charge in [0.1, 0.15) is 0 Å². The van der Waals surface area contributed by atoms with Crippen molar-refractivity contribution >= 4 is 23.5 Å². The highest BCUT2D eigenvalue weighted by Crippen LogP contribution is 2.16.